The Morgan fingerprint density at radius 1 is 1.06 bits per heavy atom. The highest BCUT2D eigenvalue weighted by molar-refractivity contribution is 6.10. The van der Waals surface area contributed by atoms with Gasteiger partial charge in [-0.15, -0.1) is 0 Å². The first-order valence-electron chi connectivity index (χ1n) is 10.8. The molecule has 4 rings (SSSR count). The summed E-state index contributed by atoms with van der Waals surface area (Å²) in [5.41, 5.74) is 13.3. The maximum Gasteiger partial charge on any atom is 0.132 e. The number of aliphatic hydroxyl groups is 1. The van der Waals surface area contributed by atoms with Gasteiger partial charge in [0, 0.05) is 45.9 Å². The van der Waals surface area contributed by atoms with Gasteiger partial charge in [-0.25, -0.2) is 0 Å². The molecule has 32 heavy (non-hydrogen) atoms. The molecule has 1 aromatic heterocycles. The lowest BCUT2D eigenvalue weighted by Crippen LogP contribution is -2.35. The van der Waals surface area contributed by atoms with Crippen molar-refractivity contribution in [3.8, 4) is 5.75 Å². The lowest BCUT2D eigenvalue weighted by atomic mass is 10.0. The van der Waals surface area contributed by atoms with Crippen molar-refractivity contribution < 1.29 is 9.84 Å². The van der Waals surface area contributed by atoms with Crippen LogP contribution in [-0.2, 0) is 6.42 Å². The molecular weight excluding hydrogens is 402 g/mol. The number of benzene rings is 3. The van der Waals surface area contributed by atoms with E-state index in [1.54, 1.807) is 12.1 Å². The predicted octanol–water partition coefficient (Wildman–Crippen LogP) is 5.59. The van der Waals surface area contributed by atoms with E-state index in [1.807, 2.05) is 38.1 Å². The van der Waals surface area contributed by atoms with E-state index in [2.05, 4.69) is 44.6 Å². The van der Waals surface area contributed by atoms with E-state index in [-0.39, 0.29) is 6.61 Å². The number of aromatic amines is 1. The maximum absolute atomic E-state index is 10.4. The topological polar surface area (TPSA) is 106 Å². The van der Waals surface area contributed by atoms with Crippen molar-refractivity contribution in [2.75, 3.05) is 13.2 Å². The number of aliphatic hydroxyl groups excluding tert-OH is 1. The second-order valence-corrected chi connectivity index (χ2v) is 8.21. The molecule has 1 atom stereocenters. The third-order valence-electron chi connectivity index (χ3n) is 5.38. The predicted molar refractivity (Wildman–Crippen MR) is 128 cm³/mol. The van der Waals surface area contributed by atoms with Crippen LogP contribution < -0.4 is 10.1 Å². The van der Waals surface area contributed by atoms with Crippen molar-refractivity contribution in [1.29, 1.82) is 0 Å². The Hall–Kier alpha value is -3.51. The molecule has 0 aliphatic heterocycles. The van der Waals surface area contributed by atoms with Crippen LogP contribution >= 0.6 is 0 Å². The quantitative estimate of drug-likeness (QED) is 0.183. The number of aromatic nitrogens is 1. The number of para-hydroxylation sites is 1. The molecule has 0 saturated carbocycles. The largest absolute Gasteiger partial charge is 0.490 e. The van der Waals surface area contributed by atoms with Crippen molar-refractivity contribution in [3.63, 3.8) is 0 Å². The molecule has 7 nitrogen and oxygen atoms in total. The number of ether oxygens (including phenoxy) is 1. The van der Waals surface area contributed by atoms with Crippen LogP contribution in [0.1, 0.15) is 25.0 Å². The van der Waals surface area contributed by atoms with Gasteiger partial charge in [-0.3, -0.25) is 0 Å². The van der Waals surface area contributed by atoms with Crippen LogP contribution in [0.15, 0.2) is 65.8 Å². The number of fused-ring (bicyclic) bond motifs is 3. The summed E-state index contributed by atoms with van der Waals surface area (Å²) >= 11 is 0. The SMILES string of the molecule is CC(C)NCC(O)COc1c(Cc2ccc(N=[N+]=[N-])cc2)ccc2[nH]c3ccccc3c12. The van der Waals surface area contributed by atoms with Crippen LogP contribution in [0.2, 0.25) is 0 Å². The first-order valence-corrected chi connectivity index (χ1v) is 10.8. The van der Waals surface area contributed by atoms with E-state index < -0.39 is 6.10 Å². The fraction of sp³-hybridized carbons (Fsp3) is 0.280. The van der Waals surface area contributed by atoms with Crippen LogP contribution in [0.5, 0.6) is 5.75 Å². The second kappa shape index (κ2) is 9.75. The summed E-state index contributed by atoms with van der Waals surface area (Å²) in [4.78, 5) is 6.29. The number of nitrogens with zero attached hydrogens (tertiary/aromatic N) is 3. The number of nitrogens with one attached hydrogen (secondary N) is 2. The third kappa shape index (κ3) is 4.86. The second-order valence-electron chi connectivity index (χ2n) is 8.21. The summed E-state index contributed by atoms with van der Waals surface area (Å²) in [7, 11) is 0. The summed E-state index contributed by atoms with van der Waals surface area (Å²) < 4.78 is 6.27. The number of hydrogen-bond acceptors (Lipinski definition) is 4. The zero-order valence-corrected chi connectivity index (χ0v) is 18.2. The maximum atomic E-state index is 10.4. The van der Waals surface area contributed by atoms with Gasteiger partial charge in [0.25, 0.3) is 0 Å². The zero-order chi connectivity index (χ0) is 22.5. The summed E-state index contributed by atoms with van der Waals surface area (Å²) in [5.74, 6) is 0.780. The van der Waals surface area contributed by atoms with E-state index in [1.165, 1.54) is 0 Å². The van der Waals surface area contributed by atoms with Gasteiger partial charge in [0.2, 0.25) is 0 Å². The first kappa shape index (κ1) is 21.7. The molecule has 0 fully saturated rings. The molecule has 0 spiro atoms. The van der Waals surface area contributed by atoms with E-state index in [0.29, 0.717) is 24.7 Å². The van der Waals surface area contributed by atoms with Crippen LogP contribution in [0.25, 0.3) is 32.2 Å². The highest BCUT2D eigenvalue weighted by Crippen LogP contribution is 2.37. The Labute approximate surface area is 186 Å². The summed E-state index contributed by atoms with van der Waals surface area (Å²) in [6.07, 6.45) is 0.0376. The van der Waals surface area contributed by atoms with Gasteiger partial charge in [0.1, 0.15) is 18.5 Å². The van der Waals surface area contributed by atoms with E-state index >= 15 is 0 Å². The van der Waals surface area contributed by atoms with Gasteiger partial charge in [0.15, 0.2) is 0 Å². The molecule has 0 radical (unpaired) electrons. The molecule has 0 saturated heterocycles. The van der Waals surface area contributed by atoms with Gasteiger partial charge in [-0.2, -0.15) is 0 Å². The number of H-pyrrole nitrogens is 1. The average Bonchev–Trinajstić information content (AvgIpc) is 3.17. The Bertz CT molecular complexity index is 1260. The molecule has 3 aromatic carbocycles. The van der Waals surface area contributed by atoms with Crippen LogP contribution in [0, 0.1) is 0 Å². The van der Waals surface area contributed by atoms with Crippen molar-refractivity contribution in [3.05, 3.63) is 82.2 Å². The van der Waals surface area contributed by atoms with Gasteiger partial charge >= 0.3 is 0 Å². The number of hydrogen-bond donors (Lipinski definition) is 3. The van der Waals surface area contributed by atoms with Crippen LogP contribution in [0.3, 0.4) is 0 Å². The minimum Gasteiger partial charge on any atom is -0.490 e. The fourth-order valence-corrected chi connectivity index (χ4v) is 3.82. The lowest BCUT2D eigenvalue weighted by molar-refractivity contribution is 0.105. The van der Waals surface area contributed by atoms with Crippen molar-refractivity contribution in [2.45, 2.75) is 32.4 Å². The Balaban J connectivity index is 1.69. The molecule has 7 heteroatoms. The molecule has 1 unspecified atom stereocenters. The highest BCUT2D eigenvalue weighted by atomic mass is 16.5. The molecule has 164 valence electrons. The third-order valence-corrected chi connectivity index (χ3v) is 5.38. The standard InChI is InChI=1S/C25H27N5O2/c1-16(2)27-14-20(31)15-32-25-18(13-17-7-10-19(11-8-17)29-30-26)9-12-23-24(25)21-5-3-4-6-22(21)28-23/h3-12,16,20,27-28,31H,13-15H2,1-2H3. The van der Waals surface area contributed by atoms with Crippen molar-refractivity contribution >= 4 is 27.5 Å². The van der Waals surface area contributed by atoms with E-state index in [0.717, 1.165) is 38.7 Å². The van der Waals surface area contributed by atoms with Gasteiger partial charge < -0.3 is 20.1 Å². The smallest absolute Gasteiger partial charge is 0.132 e. The Morgan fingerprint density at radius 2 is 1.84 bits per heavy atom. The van der Waals surface area contributed by atoms with Gasteiger partial charge in [-0.05, 0) is 28.8 Å². The molecule has 0 bridgehead atoms. The summed E-state index contributed by atoms with van der Waals surface area (Å²) in [6, 6.07) is 20.1. The van der Waals surface area contributed by atoms with Crippen molar-refractivity contribution in [1.82, 2.24) is 10.3 Å². The highest BCUT2D eigenvalue weighted by Gasteiger charge is 2.16. The molecule has 0 amide bonds. The van der Waals surface area contributed by atoms with Gasteiger partial charge in [-0.1, -0.05) is 67.5 Å². The Morgan fingerprint density at radius 3 is 2.59 bits per heavy atom. The summed E-state index contributed by atoms with van der Waals surface area (Å²) in [6.45, 7) is 4.76. The van der Waals surface area contributed by atoms with Crippen molar-refractivity contribution in [2.24, 2.45) is 5.11 Å². The zero-order valence-electron chi connectivity index (χ0n) is 18.2. The molecule has 0 aliphatic carbocycles. The average molecular weight is 430 g/mol. The van der Waals surface area contributed by atoms with E-state index in [9.17, 15) is 5.11 Å². The number of azide groups is 1. The molecule has 4 aromatic rings. The van der Waals surface area contributed by atoms with Gasteiger partial charge in [0.05, 0.1) is 5.52 Å². The van der Waals surface area contributed by atoms with Crippen LogP contribution in [0.4, 0.5) is 5.69 Å². The number of rotatable bonds is 9. The van der Waals surface area contributed by atoms with E-state index in [4.69, 9.17) is 10.3 Å². The summed E-state index contributed by atoms with van der Waals surface area (Å²) in [5, 5.41) is 19.4. The molecular formula is C25H27N5O2. The minimum atomic E-state index is -0.617. The Kier molecular flexibility index (Phi) is 6.61. The molecule has 0 aliphatic rings. The lowest BCUT2D eigenvalue weighted by Gasteiger charge is -2.18. The minimum absolute atomic E-state index is 0.196. The first-order chi connectivity index (χ1) is 15.5. The monoisotopic (exact) mass is 429 g/mol. The fourth-order valence-electron chi connectivity index (χ4n) is 3.82. The van der Waals surface area contributed by atoms with Crippen LogP contribution in [-0.4, -0.2) is 35.4 Å². The molecule has 1 heterocycles. The normalized spacial score (nSPS) is 12.2. The molecule has 3 N–H and O–H groups in total.